The lowest BCUT2D eigenvalue weighted by Crippen LogP contribution is -2.15. The molecule has 0 radical (unpaired) electrons. The molecule has 0 aromatic rings. The van der Waals surface area contributed by atoms with Gasteiger partial charge in [0.05, 0.1) is 0 Å². The lowest BCUT2D eigenvalue weighted by Gasteiger charge is -2.24. The maximum Gasteiger partial charge on any atom is 0.133 e. The normalized spacial score (nSPS) is 16.3. The monoisotopic (exact) mass is 210 g/mol. The Morgan fingerprint density at radius 2 is 1.73 bits per heavy atom. The van der Waals surface area contributed by atoms with Crippen LogP contribution in [0.5, 0.6) is 0 Å². The SMILES string of the molecule is CCCCCCCCC(=O)CC1CCC1. The number of carbonyl (C=O) groups is 1. The second kappa shape index (κ2) is 7.90. The topological polar surface area (TPSA) is 17.1 Å². The highest BCUT2D eigenvalue weighted by atomic mass is 16.1. The third-order valence-electron chi connectivity index (χ3n) is 3.55. The number of carbonyl (C=O) groups excluding carboxylic acids is 1. The van der Waals surface area contributed by atoms with Gasteiger partial charge >= 0.3 is 0 Å². The average molecular weight is 210 g/mol. The van der Waals surface area contributed by atoms with Gasteiger partial charge in [-0.2, -0.15) is 0 Å². The van der Waals surface area contributed by atoms with Gasteiger partial charge in [0.1, 0.15) is 5.78 Å². The molecule has 15 heavy (non-hydrogen) atoms. The molecule has 0 aromatic carbocycles. The molecule has 0 spiro atoms. The van der Waals surface area contributed by atoms with Crippen LogP contribution in [0.1, 0.15) is 77.6 Å². The van der Waals surface area contributed by atoms with Gasteiger partial charge in [0.15, 0.2) is 0 Å². The van der Waals surface area contributed by atoms with Crippen LogP contribution in [0, 0.1) is 5.92 Å². The molecule has 0 amide bonds. The summed E-state index contributed by atoms with van der Waals surface area (Å²) in [5, 5.41) is 0. The highest BCUT2D eigenvalue weighted by Crippen LogP contribution is 2.30. The fourth-order valence-electron chi connectivity index (χ4n) is 2.22. The molecular weight excluding hydrogens is 184 g/mol. The third kappa shape index (κ3) is 5.96. The minimum atomic E-state index is 0.523. The van der Waals surface area contributed by atoms with Crippen molar-refractivity contribution >= 4 is 5.78 Å². The van der Waals surface area contributed by atoms with E-state index in [2.05, 4.69) is 6.92 Å². The van der Waals surface area contributed by atoms with Crippen LogP contribution in [0.4, 0.5) is 0 Å². The van der Waals surface area contributed by atoms with Crippen molar-refractivity contribution in [1.29, 1.82) is 0 Å². The van der Waals surface area contributed by atoms with Crippen LogP contribution < -0.4 is 0 Å². The first kappa shape index (κ1) is 12.7. The molecule has 1 rings (SSSR count). The lowest BCUT2D eigenvalue weighted by molar-refractivity contribution is -0.120. The van der Waals surface area contributed by atoms with E-state index in [4.69, 9.17) is 0 Å². The van der Waals surface area contributed by atoms with Crippen LogP contribution >= 0.6 is 0 Å². The van der Waals surface area contributed by atoms with E-state index in [0.717, 1.165) is 25.2 Å². The highest BCUT2D eigenvalue weighted by Gasteiger charge is 2.19. The first-order valence-electron chi connectivity index (χ1n) is 6.84. The largest absolute Gasteiger partial charge is 0.300 e. The van der Waals surface area contributed by atoms with Crippen molar-refractivity contribution < 1.29 is 4.79 Å². The fourth-order valence-corrected chi connectivity index (χ4v) is 2.22. The summed E-state index contributed by atoms with van der Waals surface area (Å²) in [5.41, 5.74) is 0. The van der Waals surface area contributed by atoms with Gasteiger partial charge < -0.3 is 0 Å². The standard InChI is InChI=1S/C14H26O/c1-2-3-4-5-6-7-11-14(15)12-13-9-8-10-13/h13H,2-12H2,1H3. The van der Waals surface area contributed by atoms with E-state index >= 15 is 0 Å². The summed E-state index contributed by atoms with van der Waals surface area (Å²) in [6, 6.07) is 0. The molecule has 0 unspecified atom stereocenters. The van der Waals surface area contributed by atoms with Gasteiger partial charge in [0.2, 0.25) is 0 Å². The smallest absolute Gasteiger partial charge is 0.133 e. The van der Waals surface area contributed by atoms with Gasteiger partial charge in [-0.25, -0.2) is 0 Å². The second-order valence-electron chi connectivity index (χ2n) is 5.06. The second-order valence-corrected chi connectivity index (χ2v) is 5.06. The van der Waals surface area contributed by atoms with E-state index in [1.807, 2.05) is 0 Å². The van der Waals surface area contributed by atoms with Crippen LogP contribution in [-0.2, 0) is 4.79 Å². The lowest BCUT2D eigenvalue weighted by atomic mass is 9.81. The third-order valence-corrected chi connectivity index (χ3v) is 3.55. The Bertz CT molecular complexity index is 170. The quantitative estimate of drug-likeness (QED) is 0.512. The number of Topliss-reactive ketones (excluding diaryl/α,β-unsaturated/α-hetero) is 1. The molecule has 1 nitrogen and oxygen atoms in total. The predicted molar refractivity (Wildman–Crippen MR) is 65.0 cm³/mol. The van der Waals surface area contributed by atoms with E-state index in [1.165, 1.54) is 51.4 Å². The molecule has 0 bridgehead atoms. The van der Waals surface area contributed by atoms with Gasteiger partial charge in [-0.05, 0) is 12.3 Å². The van der Waals surface area contributed by atoms with Crippen molar-refractivity contribution in [3.05, 3.63) is 0 Å². The molecule has 0 aliphatic heterocycles. The molecule has 1 aliphatic rings. The molecule has 0 saturated heterocycles. The Kier molecular flexibility index (Phi) is 6.71. The van der Waals surface area contributed by atoms with E-state index < -0.39 is 0 Å². The summed E-state index contributed by atoms with van der Waals surface area (Å²) in [5.74, 6) is 1.28. The number of hydrogen-bond acceptors (Lipinski definition) is 1. The van der Waals surface area contributed by atoms with Crippen LogP contribution in [0.25, 0.3) is 0 Å². The van der Waals surface area contributed by atoms with Crippen molar-refractivity contribution in [3.8, 4) is 0 Å². The van der Waals surface area contributed by atoms with Crippen molar-refractivity contribution in [2.24, 2.45) is 5.92 Å². The van der Waals surface area contributed by atoms with E-state index in [1.54, 1.807) is 0 Å². The van der Waals surface area contributed by atoms with Crippen LogP contribution in [0.15, 0.2) is 0 Å². The molecule has 1 aliphatic carbocycles. The van der Waals surface area contributed by atoms with E-state index in [9.17, 15) is 4.79 Å². The van der Waals surface area contributed by atoms with Crippen molar-refractivity contribution in [2.45, 2.75) is 77.6 Å². The maximum atomic E-state index is 11.5. The van der Waals surface area contributed by atoms with Crippen LogP contribution in [0.3, 0.4) is 0 Å². The van der Waals surface area contributed by atoms with Crippen molar-refractivity contribution in [3.63, 3.8) is 0 Å². The summed E-state index contributed by atoms with van der Waals surface area (Å²) in [7, 11) is 0. The van der Waals surface area contributed by atoms with Crippen LogP contribution in [0.2, 0.25) is 0 Å². The minimum Gasteiger partial charge on any atom is -0.300 e. The zero-order chi connectivity index (χ0) is 10.9. The first-order chi connectivity index (χ1) is 7.33. The Hall–Kier alpha value is -0.330. The number of rotatable bonds is 9. The number of unbranched alkanes of at least 4 members (excludes halogenated alkanes) is 5. The van der Waals surface area contributed by atoms with Gasteiger partial charge in [0, 0.05) is 12.8 Å². The molecule has 0 N–H and O–H groups in total. The molecule has 0 atom stereocenters. The van der Waals surface area contributed by atoms with E-state index in [0.29, 0.717) is 5.78 Å². The predicted octanol–water partition coefficient (Wildman–Crippen LogP) is 4.50. The molecule has 88 valence electrons. The Morgan fingerprint density at radius 3 is 2.33 bits per heavy atom. The van der Waals surface area contributed by atoms with E-state index in [-0.39, 0.29) is 0 Å². The molecule has 0 aromatic heterocycles. The van der Waals surface area contributed by atoms with Crippen molar-refractivity contribution in [1.82, 2.24) is 0 Å². The van der Waals surface area contributed by atoms with Crippen LogP contribution in [-0.4, -0.2) is 5.78 Å². The zero-order valence-corrected chi connectivity index (χ0v) is 10.3. The maximum absolute atomic E-state index is 11.5. The molecular formula is C14H26O. The van der Waals surface area contributed by atoms with Gasteiger partial charge in [0.25, 0.3) is 0 Å². The van der Waals surface area contributed by atoms with Gasteiger partial charge in [-0.1, -0.05) is 58.3 Å². The Morgan fingerprint density at radius 1 is 1.07 bits per heavy atom. The minimum absolute atomic E-state index is 0.523. The molecule has 1 fully saturated rings. The zero-order valence-electron chi connectivity index (χ0n) is 10.3. The summed E-state index contributed by atoms with van der Waals surface area (Å²) >= 11 is 0. The molecule has 0 heterocycles. The summed E-state index contributed by atoms with van der Waals surface area (Å²) in [6.07, 6.45) is 13.4. The number of ketones is 1. The fraction of sp³-hybridized carbons (Fsp3) is 0.929. The summed E-state index contributed by atoms with van der Waals surface area (Å²) < 4.78 is 0. The summed E-state index contributed by atoms with van der Waals surface area (Å²) in [4.78, 5) is 11.5. The highest BCUT2D eigenvalue weighted by molar-refractivity contribution is 5.78. The van der Waals surface area contributed by atoms with Crippen molar-refractivity contribution in [2.75, 3.05) is 0 Å². The Balaban J connectivity index is 1.83. The number of hydrogen-bond donors (Lipinski definition) is 0. The molecule has 1 saturated carbocycles. The molecule has 1 heteroatoms. The Labute approximate surface area is 94.6 Å². The van der Waals surface area contributed by atoms with Gasteiger partial charge in [-0.15, -0.1) is 0 Å². The van der Waals surface area contributed by atoms with Gasteiger partial charge in [-0.3, -0.25) is 4.79 Å². The first-order valence-corrected chi connectivity index (χ1v) is 6.84. The summed E-state index contributed by atoms with van der Waals surface area (Å²) in [6.45, 7) is 2.24. The average Bonchev–Trinajstić information content (AvgIpc) is 2.17.